The molecule has 1 aliphatic rings. The zero-order chi connectivity index (χ0) is 13.1. The van der Waals surface area contributed by atoms with Crippen LogP contribution in [-0.2, 0) is 0 Å². The van der Waals surface area contributed by atoms with Gasteiger partial charge in [-0.2, -0.15) is 0 Å². The number of allylic oxidation sites excluding steroid dienone is 4. The molecule has 1 aromatic rings. The first-order valence-electron chi connectivity index (χ1n) is 5.42. The van der Waals surface area contributed by atoms with Gasteiger partial charge in [0.1, 0.15) is 11.9 Å². The highest BCUT2D eigenvalue weighted by molar-refractivity contribution is 6.31. The van der Waals surface area contributed by atoms with Gasteiger partial charge in [-0.3, -0.25) is 5.84 Å². The topological polar surface area (TPSA) is 60.2 Å². The highest BCUT2D eigenvalue weighted by Gasteiger charge is 2.17. The molecule has 0 saturated carbocycles. The largest absolute Gasteiger partial charge is 0.442 e. The van der Waals surface area contributed by atoms with E-state index in [-0.39, 0.29) is 6.42 Å². The minimum absolute atomic E-state index is 0.118. The summed E-state index contributed by atoms with van der Waals surface area (Å²) in [6.45, 7) is 1.86. The average molecular weight is 270 g/mol. The van der Waals surface area contributed by atoms with Gasteiger partial charge in [-0.1, -0.05) is 11.6 Å². The second kappa shape index (κ2) is 5.37. The van der Waals surface area contributed by atoms with E-state index in [0.717, 1.165) is 5.56 Å². The minimum Gasteiger partial charge on any atom is -0.442 e. The normalized spacial score (nSPS) is 19.0. The SMILES string of the molecule is Cc1cc(OC2=C(Cl)C=CC(F)C2)ncc1NN. The van der Waals surface area contributed by atoms with Crippen LogP contribution < -0.4 is 16.0 Å². The van der Waals surface area contributed by atoms with Crippen LogP contribution in [0.2, 0.25) is 0 Å². The molecule has 96 valence electrons. The zero-order valence-corrected chi connectivity index (χ0v) is 10.5. The lowest BCUT2D eigenvalue weighted by molar-refractivity contribution is 0.318. The van der Waals surface area contributed by atoms with Gasteiger partial charge < -0.3 is 10.2 Å². The van der Waals surface area contributed by atoms with Crippen molar-refractivity contribution in [1.29, 1.82) is 0 Å². The third kappa shape index (κ3) is 2.80. The molecule has 0 aromatic carbocycles. The summed E-state index contributed by atoms with van der Waals surface area (Å²) in [6.07, 6.45) is 3.48. The molecular weight excluding hydrogens is 257 g/mol. The second-order valence-corrected chi connectivity index (χ2v) is 4.34. The summed E-state index contributed by atoms with van der Waals surface area (Å²) in [6, 6.07) is 1.71. The fourth-order valence-electron chi connectivity index (χ4n) is 1.58. The van der Waals surface area contributed by atoms with Crippen molar-refractivity contribution in [2.75, 3.05) is 5.43 Å². The molecule has 0 fully saturated rings. The number of rotatable bonds is 3. The number of aromatic nitrogens is 1. The fourth-order valence-corrected chi connectivity index (χ4v) is 1.77. The number of pyridine rings is 1. The molecule has 1 aliphatic carbocycles. The summed E-state index contributed by atoms with van der Waals surface area (Å²) in [5, 5.41) is 0.393. The average Bonchev–Trinajstić information content (AvgIpc) is 2.34. The van der Waals surface area contributed by atoms with E-state index >= 15 is 0 Å². The van der Waals surface area contributed by atoms with Gasteiger partial charge in [0.2, 0.25) is 5.88 Å². The monoisotopic (exact) mass is 269 g/mol. The standard InChI is InChI=1S/C12H13ClFN3O/c1-7-4-12(16-6-10(7)17-15)18-11-5-8(14)2-3-9(11)13/h2-4,6,8,17H,5,15H2,1H3. The van der Waals surface area contributed by atoms with Crippen molar-refractivity contribution < 1.29 is 9.13 Å². The quantitative estimate of drug-likeness (QED) is 0.654. The summed E-state index contributed by atoms with van der Waals surface area (Å²) in [4.78, 5) is 4.06. The predicted molar refractivity (Wildman–Crippen MR) is 68.9 cm³/mol. The van der Waals surface area contributed by atoms with Crippen molar-refractivity contribution in [3.05, 3.63) is 40.8 Å². The Hall–Kier alpha value is -1.59. The van der Waals surface area contributed by atoms with Crippen LogP contribution in [0.15, 0.2) is 35.2 Å². The Bertz CT molecular complexity index is 516. The van der Waals surface area contributed by atoms with E-state index in [0.29, 0.717) is 22.4 Å². The van der Waals surface area contributed by atoms with Crippen molar-refractivity contribution in [2.45, 2.75) is 19.5 Å². The van der Waals surface area contributed by atoms with E-state index in [2.05, 4.69) is 10.4 Å². The predicted octanol–water partition coefficient (Wildman–Crippen LogP) is 2.80. The lowest BCUT2D eigenvalue weighted by Crippen LogP contribution is -2.11. The molecule has 0 bridgehead atoms. The number of anilines is 1. The number of hydrogen-bond donors (Lipinski definition) is 2. The number of nitrogens with two attached hydrogens (primary N) is 1. The van der Waals surface area contributed by atoms with Crippen LogP contribution in [0.3, 0.4) is 0 Å². The van der Waals surface area contributed by atoms with Crippen LogP contribution >= 0.6 is 11.6 Å². The van der Waals surface area contributed by atoms with Crippen molar-refractivity contribution in [3.8, 4) is 5.88 Å². The number of hydrogen-bond acceptors (Lipinski definition) is 4. The Morgan fingerprint density at radius 1 is 1.61 bits per heavy atom. The number of alkyl halides is 1. The second-order valence-electron chi connectivity index (χ2n) is 3.93. The third-order valence-corrected chi connectivity index (χ3v) is 2.90. The first kappa shape index (κ1) is 12.9. The number of halogens is 2. The van der Waals surface area contributed by atoms with Crippen LogP contribution in [0.4, 0.5) is 10.1 Å². The van der Waals surface area contributed by atoms with Crippen molar-refractivity contribution >= 4 is 17.3 Å². The van der Waals surface area contributed by atoms with E-state index in [9.17, 15) is 4.39 Å². The summed E-state index contributed by atoms with van der Waals surface area (Å²) in [5.74, 6) is 6.05. The summed E-state index contributed by atoms with van der Waals surface area (Å²) in [5.41, 5.74) is 4.09. The van der Waals surface area contributed by atoms with Gasteiger partial charge in [0.25, 0.3) is 0 Å². The molecule has 1 atom stereocenters. The van der Waals surface area contributed by atoms with E-state index in [1.54, 1.807) is 12.3 Å². The molecule has 2 rings (SSSR count). The molecule has 3 N–H and O–H groups in total. The van der Waals surface area contributed by atoms with Gasteiger partial charge in [0.15, 0.2) is 0 Å². The lowest BCUT2D eigenvalue weighted by Gasteiger charge is -2.15. The Morgan fingerprint density at radius 3 is 3.06 bits per heavy atom. The maximum Gasteiger partial charge on any atom is 0.219 e. The van der Waals surface area contributed by atoms with Gasteiger partial charge in [-0.15, -0.1) is 0 Å². The van der Waals surface area contributed by atoms with Gasteiger partial charge in [0, 0.05) is 12.5 Å². The molecule has 1 heterocycles. The molecule has 0 saturated heterocycles. The van der Waals surface area contributed by atoms with Crippen LogP contribution in [0.1, 0.15) is 12.0 Å². The minimum atomic E-state index is -1.08. The first-order valence-corrected chi connectivity index (χ1v) is 5.80. The van der Waals surface area contributed by atoms with E-state index < -0.39 is 6.17 Å². The number of aryl methyl sites for hydroxylation is 1. The van der Waals surface area contributed by atoms with Crippen LogP contribution in [0.5, 0.6) is 5.88 Å². The maximum absolute atomic E-state index is 13.2. The molecule has 6 heteroatoms. The molecule has 0 aliphatic heterocycles. The highest BCUT2D eigenvalue weighted by Crippen LogP contribution is 2.27. The Morgan fingerprint density at radius 2 is 2.39 bits per heavy atom. The smallest absolute Gasteiger partial charge is 0.219 e. The molecule has 0 amide bonds. The molecule has 0 radical (unpaired) electrons. The van der Waals surface area contributed by atoms with E-state index in [1.807, 2.05) is 6.92 Å². The molecule has 1 aromatic heterocycles. The van der Waals surface area contributed by atoms with Gasteiger partial charge in [-0.25, -0.2) is 9.37 Å². The van der Waals surface area contributed by atoms with Gasteiger partial charge >= 0.3 is 0 Å². The van der Waals surface area contributed by atoms with Crippen LogP contribution in [-0.4, -0.2) is 11.2 Å². The summed E-state index contributed by atoms with van der Waals surface area (Å²) in [7, 11) is 0. The molecular formula is C12H13ClFN3O. The Labute approximate surface area is 109 Å². The van der Waals surface area contributed by atoms with Crippen LogP contribution in [0, 0.1) is 6.92 Å². The fraction of sp³-hybridized carbons (Fsp3) is 0.250. The zero-order valence-electron chi connectivity index (χ0n) is 9.78. The third-order valence-electron chi connectivity index (χ3n) is 2.57. The van der Waals surface area contributed by atoms with Crippen LogP contribution in [0.25, 0.3) is 0 Å². The number of nitrogens with zero attached hydrogens (tertiary/aromatic N) is 1. The Kier molecular flexibility index (Phi) is 3.84. The lowest BCUT2D eigenvalue weighted by atomic mass is 10.1. The number of ether oxygens (including phenoxy) is 1. The highest BCUT2D eigenvalue weighted by atomic mass is 35.5. The number of nitrogen functional groups attached to an aromatic ring is 1. The van der Waals surface area contributed by atoms with Crippen molar-refractivity contribution in [1.82, 2.24) is 4.98 Å². The first-order chi connectivity index (χ1) is 8.60. The molecule has 1 unspecified atom stereocenters. The number of nitrogens with one attached hydrogen (secondary N) is 1. The molecule has 0 spiro atoms. The van der Waals surface area contributed by atoms with Gasteiger partial charge in [0.05, 0.1) is 16.9 Å². The Balaban J connectivity index is 2.19. The van der Waals surface area contributed by atoms with E-state index in [4.69, 9.17) is 22.2 Å². The summed E-state index contributed by atoms with van der Waals surface area (Å²) >= 11 is 5.94. The van der Waals surface area contributed by atoms with Crippen molar-refractivity contribution in [2.24, 2.45) is 5.84 Å². The van der Waals surface area contributed by atoms with E-state index in [1.165, 1.54) is 12.2 Å². The summed E-state index contributed by atoms with van der Waals surface area (Å²) < 4.78 is 18.7. The van der Waals surface area contributed by atoms with Crippen molar-refractivity contribution in [3.63, 3.8) is 0 Å². The van der Waals surface area contributed by atoms with Gasteiger partial charge in [-0.05, 0) is 24.6 Å². The molecule has 18 heavy (non-hydrogen) atoms. The maximum atomic E-state index is 13.2. The number of hydrazine groups is 1. The molecule has 4 nitrogen and oxygen atoms in total.